The molecule has 0 bridgehead atoms. The molecule has 1 radical (unpaired) electrons. The fourth-order valence-electron chi connectivity index (χ4n) is 0.142. The largest absolute Gasteiger partial charge is 0.355 e. The zero-order chi connectivity index (χ0) is 6.78. The smallest absolute Gasteiger partial charge is 0.271 e. The molecule has 0 saturated heterocycles. The molecule has 0 spiro atoms. The van der Waals surface area contributed by atoms with Crippen molar-refractivity contribution in [2.45, 2.75) is 3.79 Å². The van der Waals surface area contributed by atoms with E-state index in [9.17, 15) is 4.79 Å². The zero-order valence-corrected chi connectivity index (χ0v) is 8.15. The molecular formula is C3H4Cl3NOV. The Hall–Kier alpha value is 0.924. The van der Waals surface area contributed by atoms with E-state index >= 15 is 0 Å². The summed E-state index contributed by atoms with van der Waals surface area (Å²) in [6.45, 7) is 0. The Morgan fingerprint density at radius 2 is 1.78 bits per heavy atom. The molecule has 0 rings (SSSR count). The van der Waals surface area contributed by atoms with E-state index in [-0.39, 0.29) is 18.6 Å². The minimum atomic E-state index is -1.82. The van der Waals surface area contributed by atoms with Gasteiger partial charge in [-0.3, -0.25) is 4.79 Å². The van der Waals surface area contributed by atoms with Crippen LogP contribution in [-0.4, -0.2) is 16.7 Å². The van der Waals surface area contributed by atoms with Crippen molar-refractivity contribution < 1.29 is 23.4 Å². The van der Waals surface area contributed by atoms with Gasteiger partial charge >= 0.3 is 0 Å². The number of rotatable bonds is 0. The van der Waals surface area contributed by atoms with Gasteiger partial charge in [0.25, 0.3) is 9.70 Å². The third-order valence-corrected chi connectivity index (χ3v) is 0.999. The van der Waals surface area contributed by atoms with Crippen LogP contribution < -0.4 is 5.32 Å². The van der Waals surface area contributed by atoms with Crippen molar-refractivity contribution in [2.24, 2.45) is 0 Å². The average molecular weight is 227 g/mol. The molecule has 0 heterocycles. The average Bonchev–Trinajstić information content (AvgIpc) is 1.62. The molecule has 9 heavy (non-hydrogen) atoms. The number of carbonyl (C=O) groups excluding carboxylic acids is 1. The van der Waals surface area contributed by atoms with Crippen molar-refractivity contribution in [3.63, 3.8) is 0 Å². The summed E-state index contributed by atoms with van der Waals surface area (Å²) in [4.78, 5) is 10.3. The maximum absolute atomic E-state index is 10.3. The van der Waals surface area contributed by atoms with Gasteiger partial charge in [0.05, 0.1) is 0 Å². The topological polar surface area (TPSA) is 29.1 Å². The first-order chi connectivity index (χ1) is 3.48. The minimum Gasteiger partial charge on any atom is -0.355 e. The van der Waals surface area contributed by atoms with Gasteiger partial charge in [-0.2, -0.15) is 0 Å². The normalized spacial score (nSPS) is 9.78. The maximum Gasteiger partial charge on any atom is 0.271 e. The van der Waals surface area contributed by atoms with Gasteiger partial charge < -0.3 is 5.32 Å². The van der Waals surface area contributed by atoms with Crippen molar-refractivity contribution in [1.82, 2.24) is 5.32 Å². The number of halogens is 3. The van der Waals surface area contributed by atoms with Gasteiger partial charge in [-0.15, -0.1) is 0 Å². The van der Waals surface area contributed by atoms with Gasteiger partial charge in [0.2, 0.25) is 0 Å². The SMILES string of the molecule is CNC(=O)C(Cl)(Cl)Cl.[V]. The fourth-order valence-corrected chi connectivity index (χ4v) is 0.425. The number of nitrogens with one attached hydrogen (secondary N) is 1. The van der Waals surface area contributed by atoms with Gasteiger partial charge in [0.15, 0.2) is 0 Å². The molecule has 1 amide bonds. The van der Waals surface area contributed by atoms with Crippen molar-refractivity contribution in [2.75, 3.05) is 7.05 Å². The summed E-state index contributed by atoms with van der Waals surface area (Å²) in [5, 5.41) is 2.17. The molecule has 0 aliphatic heterocycles. The van der Waals surface area contributed by atoms with Crippen LogP contribution in [0.15, 0.2) is 0 Å². The van der Waals surface area contributed by atoms with Crippen LogP contribution in [0.5, 0.6) is 0 Å². The molecule has 0 aliphatic rings. The molecule has 2 nitrogen and oxygen atoms in total. The van der Waals surface area contributed by atoms with E-state index in [1.165, 1.54) is 7.05 Å². The summed E-state index contributed by atoms with van der Waals surface area (Å²) in [5.74, 6) is -0.623. The van der Waals surface area contributed by atoms with Crippen LogP contribution in [0.2, 0.25) is 0 Å². The van der Waals surface area contributed by atoms with E-state index in [1.54, 1.807) is 0 Å². The Morgan fingerprint density at radius 3 is 1.78 bits per heavy atom. The number of carbonyl (C=O) groups is 1. The molecule has 0 aromatic rings. The van der Waals surface area contributed by atoms with Crippen LogP contribution >= 0.6 is 34.8 Å². The summed E-state index contributed by atoms with van der Waals surface area (Å²) >= 11 is 15.3. The maximum atomic E-state index is 10.3. The quantitative estimate of drug-likeness (QED) is 0.617. The minimum absolute atomic E-state index is 0. The number of amides is 1. The van der Waals surface area contributed by atoms with Gasteiger partial charge in [-0.25, -0.2) is 0 Å². The van der Waals surface area contributed by atoms with Crippen LogP contribution in [0.4, 0.5) is 0 Å². The predicted octanol–water partition coefficient (Wildman–Crippen LogP) is 1.10. The zero-order valence-electron chi connectivity index (χ0n) is 4.49. The van der Waals surface area contributed by atoms with Crippen LogP contribution in [0, 0.1) is 0 Å². The molecule has 6 heteroatoms. The number of hydrogen-bond acceptors (Lipinski definition) is 1. The van der Waals surface area contributed by atoms with Crippen molar-refractivity contribution in [3.8, 4) is 0 Å². The van der Waals surface area contributed by atoms with Gasteiger partial charge in [0, 0.05) is 25.6 Å². The van der Waals surface area contributed by atoms with E-state index in [0.717, 1.165) is 0 Å². The molecule has 0 unspecified atom stereocenters. The fraction of sp³-hybridized carbons (Fsp3) is 0.667. The summed E-state index contributed by atoms with van der Waals surface area (Å²) in [7, 11) is 1.39. The second kappa shape index (κ2) is 4.70. The summed E-state index contributed by atoms with van der Waals surface area (Å²) in [6.07, 6.45) is 0. The summed E-state index contributed by atoms with van der Waals surface area (Å²) in [5.41, 5.74) is 0. The van der Waals surface area contributed by atoms with Gasteiger partial charge in [-0.05, 0) is 0 Å². The Morgan fingerprint density at radius 1 is 1.44 bits per heavy atom. The second-order valence-corrected chi connectivity index (χ2v) is 3.36. The molecule has 0 aliphatic carbocycles. The monoisotopic (exact) mass is 226 g/mol. The van der Waals surface area contributed by atoms with Crippen LogP contribution in [0.3, 0.4) is 0 Å². The van der Waals surface area contributed by atoms with Gasteiger partial charge in [0.1, 0.15) is 0 Å². The molecule has 1 N–H and O–H groups in total. The molecule has 0 aromatic heterocycles. The first-order valence-electron chi connectivity index (χ1n) is 1.77. The second-order valence-electron chi connectivity index (χ2n) is 1.08. The van der Waals surface area contributed by atoms with Gasteiger partial charge in [-0.1, -0.05) is 34.8 Å². The number of hydrogen-bond donors (Lipinski definition) is 1. The molecule has 53 valence electrons. The van der Waals surface area contributed by atoms with E-state index in [0.29, 0.717) is 0 Å². The summed E-state index contributed by atoms with van der Waals surface area (Å²) in [6, 6.07) is 0. The Bertz CT molecular complexity index is 102. The molecular weight excluding hydrogens is 223 g/mol. The van der Waals surface area contributed by atoms with E-state index in [4.69, 9.17) is 34.8 Å². The van der Waals surface area contributed by atoms with Crippen LogP contribution in [0.1, 0.15) is 0 Å². The van der Waals surface area contributed by atoms with Crippen molar-refractivity contribution in [1.29, 1.82) is 0 Å². The molecule has 0 saturated carbocycles. The first kappa shape index (κ1) is 12.6. The van der Waals surface area contributed by atoms with Crippen molar-refractivity contribution >= 4 is 40.7 Å². The standard InChI is InChI=1S/C3H4Cl3NO.V/c1-7-2(8)3(4,5)6;/h1H3,(H,7,8);. The van der Waals surface area contributed by atoms with Crippen LogP contribution in [-0.2, 0) is 23.4 Å². The van der Waals surface area contributed by atoms with Crippen LogP contribution in [0.25, 0.3) is 0 Å². The van der Waals surface area contributed by atoms with Crippen molar-refractivity contribution in [3.05, 3.63) is 0 Å². The summed E-state index contributed by atoms with van der Waals surface area (Å²) < 4.78 is -1.82. The third-order valence-electron chi connectivity index (χ3n) is 0.485. The predicted molar refractivity (Wildman–Crippen MR) is 34.4 cm³/mol. The van der Waals surface area contributed by atoms with E-state index in [2.05, 4.69) is 5.32 Å². The first-order valence-corrected chi connectivity index (χ1v) is 2.90. The van der Waals surface area contributed by atoms with E-state index in [1.807, 2.05) is 0 Å². The molecule has 0 aromatic carbocycles. The Balaban J connectivity index is 0. The number of alkyl halides is 3. The molecule has 0 atom stereocenters. The molecule has 0 fully saturated rings. The Labute approximate surface area is 80.1 Å². The Kier molecular flexibility index (Phi) is 6.57. The van der Waals surface area contributed by atoms with E-state index < -0.39 is 9.70 Å². The third kappa shape index (κ3) is 5.37.